The molecule has 2 heterocycles. The molecule has 7 nitrogen and oxygen atoms in total. The highest BCUT2D eigenvalue weighted by Gasteiger charge is 2.55. The van der Waals surface area contributed by atoms with Crippen molar-refractivity contribution in [2.45, 2.75) is 25.0 Å². The van der Waals surface area contributed by atoms with Gasteiger partial charge in [0.2, 0.25) is 5.91 Å². The first kappa shape index (κ1) is 15.6. The van der Waals surface area contributed by atoms with Crippen LogP contribution in [0.3, 0.4) is 0 Å². The van der Waals surface area contributed by atoms with E-state index in [1.807, 2.05) is 0 Å². The minimum Gasteiger partial charge on any atom is -0.497 e. The zero-order chi connectivity index (χ0) is 16.6. The number of methoxy groups -OCH3 is 2. The van der Waals surface area contributed by atoms with E-state index in [4.69, 9.17) is 14.2 Å². The number of anilines is 1. The van der Waals surface area contributed by atoms with Crippen LogP contribution in [-0.4, -0.2) is 43.4 Å². The second-order valence-corrected chi connectivity index (χ2v) is 5.74. The van der Waals surface area contributed by atoms with Crippen LogP contribution in [0.1, 0.15) is 12.8 Å². The van der Waals surface area contributed by atoms with E-state index in [-0.39, 0.29) is 18.1 Å². The predicted molar refractivity (Wildman–Crippen MR) is 80.7 cm³/mol. The Bertz CT molecular complexity index is 631. The van der Waals surface area contributed by atoms with E-state index in [1.165, 1.54) is 14.2 Å². The zero-order valence-electron chi connectivity index (χ0n) is 12.9. The van der Waals surface area contributed by atoms with Gasteiger partial charge in [0.05, 0.1) is 44.0 Å². The Balaban J connectivity index is 1.80. The number of carboxylic acid groups (broad SMARTS) is 1. The number of carbonyl (C=O) groups excluding carboxylic acids is 1. The molecule has 0 spiro atoms. The lowest BCUT2D eigenvalue weighted by Crippen LogP contribution is -2.41. The van der Waals surface area contributed by atoms with Gasteiger partial charge in [0.25, 0.3) is 0 Å². The van der Waals surface area contributed by atoms with Gasteiger partial charge in [0, 0.05) is 6.07 Å². The van der Waals surface area contributed by atoms with Crippen LogP contribution in [0.2, 0.25) is 0 Å². The summed E-state index contributed by atoms with van der Waals surface area (Å²) < 4.78 is 16.0. The Morgan fingerprint density at radius 1 is 1.17 bits per heavy atom. The first-order valence-corrected chi connectivity index (χ1v) is 7.46. The maximum Gasteiger partial charge on any atom is 0.310 e. The summed E-state index contributed by atoms with van der Waals surface area (Å²) >= 11 is 0. The lowest BCUT2D eigenvalue weighted by atomic mass is 9.78. The van der Waals surface area contributed by atoms with Crippen molar-refractivity contribution in [3.05, 3.63) is 18.2 Å². The number of ether oxygens (including phenoxy) is 3. The number of carbonyl (C=O) groups is 2. The van der Waals surface area contributed by atoms with Gasteiger partial charge in [-0.2, -0.15) is 0 Å². The molecule has 1 aromatic rings. The van der Waals surface area contributed by atoms with Gasteiger partial charge in [-0.3, -0.25) is 9.59 Å². The number of hydrogen-bond donors (Lipinski definition) is 2. The van der Waals surface area contributed by atoms with E-state index in [1.54, 1.807) is 18.2 Å². The fourth-order valence-electron chi connectivity index (χ4n) is 3.44. The van der Waals surface area contributed by atoms with Gasteiger partial charge in [0.1, 0.15) is 11.5 Å². The van der Waals surface area contributed by atoms with Crippen LogP contribution >= 0.6 is 0 Å². The number of rotatable bonds is 5. The third-order valence-electron chi connectivity index (χ3n) is 4.53. The van der Waals surface area contributed by atoms with Crippen LogP contribution in [0.25, 0.3) is 0 Å². The summed E-state index contributed by atoms with van der Waals surface area (Å²) in [5, 5.41) is 12.2. The Morgan fingerprint density at radius 3 is 2.48 bits per heavy atom. The third kappa shape index (κ3) is 2.72. The van der Waals surface area contributed by atoms with Crippen LogP contribution in [-0.2, 0) is 14.3 Å². The van der Waals surface area contributed by atoms with Crippen LogP contribution < -0.4 is 14.8 Å². The molecule has 0 radical (unpaired) electrons. The van der Waals surface area contributed by atoms with Gasteiger partial charge in [-0.25, -0.2) is 0 Å². The monoisotopic (exact) mass is 321 g/mol. The van der Waals surface area contributed by atoms with Crippen LogP contribution in [0.4, 0.5) is 5.69 Å². The van der Waals surface area contributed by atoms with Crippen LogP contribution in [0.5, 0.6) is 11.5 Å². The molecule has 4 atom stereocenters. The summed E-state index contributed by atoms with van der Waals surface area (Å²) in [6, 6.07) is 5.02. The molecule has 0 aliphatic carbocycles. The number of hydrogen-bond acceptors (Lipinski definition) is 5. The van der Waals surface area contributed by atoms with Crippen LogP contribution in [0, 0.1) is 11.8 Å². The maximum atomic E-state index is 12.6. The molecule has 2 aliphatic heterocycles. The maximum absolute atomic E-state index is 12.6. The molecule has 124 valence electrons. The fraction of sp³-hybridized carbons (Fsp3) is 0.500. The topological polar surface area (TPSA) is 94.1 Å². The quantitative estimate of drug-likeness (QED) is 0.854. The lowest BCUT2D eigenvalue weighted by molar-refractivity contribution is -0.147. The number of fused-ring (bicyclic) bond motifs is 2. The second kappa shape index (κ2) is 6.08. The molecular weight excluding hydrogens is 302 g/mol. The summed E-state index contributed by atoms with van der Waals surface area (Å²) in [5.41, 5.74) is 0.477. The first-order chi connectivity index (χ1) is 11.0. The van der Waals surface area contributed by atoms with Gasteiger partial charge < -0.3 is 24.6 Å². The Hall–Kier alpha value is -2.28. The van der Waals surface area contributed by atoms with Gasteiger partial charge >= 0.3 is 5.97 Å². The van der Waals surface area contributed by atoms with Gasteiger partial charge in [-0.1, -0.05) is 0 Å². The van der Waals surface area contributed by atoms with Crippen molar-refractivity contribution < 1.29 is 28.9 Å². The van der Waals surface area contributed by atoms with Gasteiger partial charge in [0.15, 0.2) is 0 Å². The molecule has 7 heteroatoms. The zero-order valence-corrected chi connectivity index (χ0v) is 12.9. The van der Waals surface area contributed by atoms with Crippen LogP contribution in [0.15, 0.2) is 18.2 Å². The van der Waals surface area contributed by atoms with Gasteiger partial charge in [-0.05, 0) is 25.0 Å². The van der Waals surface area contributed by atoms with E-state index >= 15 is 0 Å². The van der Waals surface area contributed by atoms with Gasteiger partial charge in [-0.15, -0.1) is 0 Å². The molecule has 2 bridgehead atoms. The molecule has 1 amide bonds. The first-order valence-electron chi connectivity index (χ1n) is 7.46. The molecule has 0 unspecified atom stereocenters. The second-order valence-electron chi connectivity index (χ2n) is 5.74. The highest BCUT2D eigenvalue weighted by Crippen LogP contribution is 2.44. The van der Waals surface area contributed by atoms with Crippen molar-refractivity contribution >= 4 is 17.6 Å². The average Bonchev–Trinajstić information content (AvgIpc) is 3.16. The highest BCUT2D eigenvalue weighted by atomic mass is 16.5. The Morgan fingerprint density at radius 2 is 1.87 bits per heavy atom. The SMILES string of the molecule is COc1ccc(NC(=O)[C@H]2[C@@H](C(=O)O)[C@@H]3CC[C@@H]2O3)c(OC)c1. The Kier molecular flexibility index (Phi) is 4.12. The molecule has 23 heavy (non-hydrogen) atoms. The molecule has 0 aromatic heterocycles. The van der Waals surface area contributed by atoms with Crippen molar-refractivity contribution in [3.8, 4) is 11.5 Å². The van der Waals surface area contributed by atoms with Crippen molar-refractivity contribution in [1.82, 2.24) is 0 Å². The standard InChI is InChI=1S/C16H19NO6/c1-21-8-3-4-9(12(7-8)22-2)17-15(18)13-10-5-6-11(23-10)14(13)16(19)20/h3-4,7,10-11,13-14H,5-6H2,1-2H3,(H,17,18)(H,19,20)/t10-,11-,13+,14-/m0/s1. The molecule has 1 aromatic carbocycles. The fourth-order valence-corrected chi connectivity index (χ4v) is 3.44. The molecule has 0 saturated carbocycles. The van der Waals surface area contributed by atoms with Crippen molar-refractivity contribution in [3.63, 3.8) is 0 Å². The molecule has 2 aliphatic rings. The Labute approximate surface area is 133 Å². The summed E-state index contributed by atoms with van der Waals surface area (Å²) in [4.78, 5) is 24.1. The largest absolute Gasteiger partial charge is 0.497 e. The number of amides is 1. The summed E-state index contributed by atoms with van der Waals surface area (Å²) in [6.07, 6.45) is 0.708. The average molecular weight is 321 g/mol. The van der Waals surface area contributed by atoms with Crippen molar-refractivity contribution in [2.75, 3.05) is 19.5 Å². The molecule has 2 N–H and O–H groups in total. The highest BCUT2D eigenvalue weighted by molar-refractivity contribution is 5.97. The number of nitrogens with one attached hydrogen (secondary N) is 1. The summed E-state index contributed by atoms with van der Waals surface area (Å²) in [6.45, 7) is 0. The van der Waals surface area contributed by atoms with E-state index < -0.39 is 17.8 Å². The van der Waals surface area contributed by atoms with E-state index in [2.05, 4.69) is 5.32 Å². The number of benzene rings is 1. The minimum atomic E-state index is -0.987. The van der Waals surface area contributed by atoms with Crippen molar-refractivity contribution in [1.29, 1.82) is 0 Å². The lowest BCUT2D eigenvalue weighted by Gasteiger charge is -2.24. The van der Waals surface area contributed by atoms with Crippen molar-refractivity contribution in [2.24, 2.45) is 11.8 Å². The van der Waals surface area contributed by atoms with E-state index in [9.17, 15) is 14.7 Å². The predicted octanol–water partition coefficient (Wildman–Crippen LogP) is 1.52. The molecule has 2 saturated heterocycles. The molecule has 2 fully saturated rings. The number of aliphatic carboxylic acids is 1. The summed E-state index contributed by atoms with van der Waals surface area (Å²) in [5.74, 6) is -1.76. The molecule has 3 rings (SSSR count). The van der Waals surface area contributed by atoms with E-state index in [0.717, 1.165) is 0 Å². The molecular formula is C16H19NO6. The normalized spacial score (nSPS) is 28.4. The minimum absolute atomic E-state index is 0.328. The van der Waals surface area contributed by atoms with E-state index in [0.29, 0.717) is 30.0 Å². The smallest absolute Gasteiger partial charge is 0.310 e. The number of carboxylic acids is 1. The summed E-state index contributed by atoms with van der Waals surface area (Å²) in [7, 11) is 3.03. The third-order valence-corrected chi connectivity index (χ3v) is 4.53.